The number of aryl methyl sites for hydroxylation is 2. The second kappa shape index (κ2) is 11.8. The first-order valence-electron chi connectivity index (χ1n) is 19.0. The number of aliphatic hydroxyl groups is 2. The maximum absolute atomic E-state index is 13.0. The Balaban J connectivity index is 0.000000131. The van der Waals surface area contributed by atoms with Crippen LogP contribution in [-0.2, 0) is 12.8 Å². The number of hydrogen-bond acceptors (Lipinski definition) is 4. The number of carbonyl (C=O) groups is 2. The van der Waals surface area contributed by atoms with Crippen molar-refractivity contribution in [1.82, 2.24) is 10.6 Å². The molecule has 8 saturated carbocycles. The molecule has 2 aromatic carbocycles. The first-order valence-corrected chi connectivity index (χ1v) is 19.0. The van der Waals surface area contributed by atoms with Crippen molar-refractivity contribution < 1.29 is 19.8 Å². The van der Waals surface area contributed by atoms with Crippen LogP contribution in [0.4, 0.5) is 21.0 Å². The summed E-state index contributed by atoms with van der Waals surface area (Å²) in [5.74, 6) is 3.21. The zero-order valence-corrected chi connectivity index (χ0v) is 28.2. The Hall–Kier alpha value is -3.10. The van der Waals surface area contributed by atoms with Crippen LogP contribution < -0.4 is 20.4 Å². The fourth-order valence-electron chi connectivity index (χ4n) is 12.4. The average molecular weight is 653 g/mol. The van der Waals surface area contributed by atoms with E-state index in [0.29, 0.717) is 35.5 Å². The molecular weight excluding hydrogens is 600 g/mol. The summed E-state index contributed by atoms with van der Waals surface area (Å²) in [6, 6.07) is 17.2. The first kappa shape index (κ1) is 30.9. The van der Waals surface area contributed by atoms with Gasteiger partial charge in [0.15, 0.2) is 0 Å². The molecule has 8 bridgehead atoms. The Labute approximate surface area is 284 Å². The zero-order chi connectivity index (χ0) is 32.6. The second-order valence-electron chi connectivity index (χ2n) is 17.1. The lowest BCUT2D eigenvalue weighted by Gasteiger charge is -2.58. The molecule has 2 heterocycles. The van der Waals surface area contributed by atoms with Gasteiger partial charge in [-0.25, -0.2) is 9.59 Å². The summed E-state index contributed by atoms with van der Waals surface area (Å²) in [5.41, 5.74) is 3.83. The van der Waals surface area contributed by atoms with Gasteiger partial charge in [0.05, 0.1) is 11.2 Å². The third-order valence-corrected chi connectivity index (χ3v) is 13.8. The van der Waals surface area contributed by atoms with Gasteiger partial charge in [0.2, 0.25) is 0 Å². The summed E-state index contributed by atoms with van der Waals surface area (Å²) in [4.78, 5) is 29.8. The Kier molecular flexibility index (Phi) is 7.57. The lowest BCUT2D eigenvalue weighted by molar-refractivity contribution is -0.136. The molecule has 8 heteroatoms. The summed E-state index contributed by atoms with van der Waals surface area (Å²) >= 11 is 0. The van der Waals surface area contributed by atoms with Crippen LogP contribution in [0.3, 0.4) is 0 Å². The predicted molar refractivity (Wildman–Crippen MR) is 186 cm³/mol. The number of urea groups is 2. The minimum absolute atomic E-state index is 0.0617. The molecule has 4 N–H and O–H groups in total. The van der Waals surface area contributed by atoms with E-state index in [4.69, 9.17) is 0 Å². The van der Waals surface area contributed by atoms with Crippen LogP contribution in [0.2, 0.25) is 0 Å². The second-order valence-corrected chi connectivity index (χ2v) is 17.1. The zero-order valence-electron chi connectivity index (χ0n) is 28.2. The first-order chi connectivity index (χ1) is 23.2. The smallest absolute Gasteiger partial charge is 0.322 e. The molecule has 6 unspecified atom stereocenters. The molecule has 0 saturated heterocycles. The van der Waals surface area contributed by atoms with Crippen molar-refractivity contribution in [3.8, 4) is 0 Å². The number of nitrogens with zero attached hydrogens (tertiary/aromatic N) is 2. The van der Waals surface area contributed by atoms with E-state index < -0.39 is 11.2 Å². The summed E-state index contributed by atoms with van der Waals surface area (Å²) in [6.45, 7) is 1.61. The van der Waals surface area contributed by atoms with Gasteiger partial charge < -0.3 is 20.8 Å². The van der Waals surface area contributed by atoms with E-state index in [-0.39, 0.29) is 24.1 Å². The molecule has 12 rings (SSSR count). The largest absolute Gasteiger partial charge is 0.390 e. The van der Waals surface area contributed by atoms with Gasteiger partial charge in [-0.05, 0) is 149 Å². The van der Waals surface area contributed by atoms with Gasteiger partial charge >= 0.3 is 12.1 Å². The number of amides is 4. The van der Waals surface area contributed by atoms with Crippen molar-refractivity contribution in [2.45, 2.75) is 113 Å². The van der Waals surface area contributed by atoms with Crippen molar-refractivity contribution in [3.05, 3.63) is 59.7 Å². The molecule has 10 atom stereocenters. The van der Waals surface area contributed by atoms with Gasteiger partial charge in [-0.15, -0.1) is 0 Å². The molecule has 48 heavy (non-hydrogen) atoms. The molecule has 8 aliphatic carbocycles. The van der Waals surface area contributed by atoms with Crippen molar-refractivity contribution in [2.24, 2.45) is 35.5 Å². The van der Waals surface area contributed by atoms with E-state index >= 15 is 0 Å². The normalized spacial score (nSPS) is 39.6. The highest BCUT2D eigenvalue weighted by Crippen LogP contribution is 2.57. The number of para-hydroxylation sites is 2. The van der Waals surface area contributed by atoms with E-state index in [1.165, 1.54) is 36.8 Å². The van der Waals surface area contributed by atoms with Gasteiger partial charge in [0.25, 0.3) is 0 Å². The summed E-state index contributed by atoms with van der Waals surface area (Å²) in [6.07, 6.45) is 14.4. The number of hydrogen-bond donors (Lipinski definition) is 4. The topological polar surface area (TPSA) is 105 Å². The van der Waals surface area contributed by atoms with Crippen molar-refractivity contribution in [3.63, 3.8) is 0 Å². The van der Waals surface area contributed by atoms with E-state index in [1.54, 1.807) is 0 Å². The Morgan fingerprint density at radius 2 is 0.958 bits per heavy atom. The average Bonchev–Trinajstić information content (AvgIpc) is 3.06. The summed E-state index contributed by atoms with van der Waals surface area (Å²) in [7, 11) is 0. The molecule has 8 fully saturated rings. The molecule has 0 spiro atoms. The molecule has 0 radical (unpaired) electrons. The molecule has 8 nitrogen and oxygen atoms in total. The Bertz CT molecular complexity index is 1430. The lowest BCUT2D eigenvalue weighted by Crippen LogP contribution is -2.63. The van der Waals surface area contributed by atoms with Gasteiger partial charge in [0.1, 0.15) is 0 Å². The van der Waals surface area contributed by atoms with E-state index in [2.05, 4.69) is 47.0 Å². The third-order valence-electron chi connectivity index (χ3n) is 13.8. The Morgan fingerprint density at radius 3 is 1.33 bits per heavy atom. The van der Waals surface area contributed by atoms with Crippen LogP contribution in [-0.4, -0.2) is 58.7 Å². The van der Waals surface area contributed by atoms with Gasteiger partial charge in [0, 0.05) is 36.5 Å². The molecule has 256 valence electrons. The van der Waals surface area contributed by atoms with Crippen LogP contribution in [0.25, 0.3) is 0 Å². The number of carbonyl (C=O) groups excluding carboxylic acids is 2. The summed E-state index contributed by atoms with van der Waals surface area (Å²) < 4.78 is 0. The number of benzene rings is 2. The van der Waals surface area contributed by atoms with Gasteiger partial charge in [-0.3, -0.25) is 9.80 Å². The number of anilines is 2. The number of nitrogens with one attached hydrogen (secondary N) is 2. The molecule has 4 amide bonds. The van der Waals surface area contributed by atoms with Gasteiger partial charge in [-0.2, -0.15) is 0 Å². The minimum atomic E-state index is -0.435. The maximum Gasteiger partial charge on any atom is 0.322 e. The number of rotatable bonds is 2. The monoisotopic (exact) mass is 652 g/mol. The summed E-state index contributed by atoms with van der Waals surface area (Å²) in [5, 5.41) is 28.2. The predicted octanol–water partition coefficient (Wildman–Crippen LogP) is 6.18. The van der Waals surface area contributed by atoms with E-state index in [9.17, 15) is 19.8 Å². The fraction of sp³-hybridized carbons (Fsp3) is 0.650. The Morgan fingerprint density at radius 1 is 0.583 bits per heavy atom. The van der Waals surface area contributed by atoms with E-state index in [0.717, 1.165) is 88.7 Å². The molecular formula is C40H52N4O4. The maximum atomic E-state index is 13.0. The van der Waals surface area contributed by atoms with E-state index in [1.807, 2.05) is 21.9 Å². The highest BCUT2D eigenvalue weighted by molar-refractivity contribution is 5.94. The van der Waals surface area contributed by atoms with Crippen molar-refractivity contribution in [2.75, 3.05) is 22.9 Å². The van der Waals surface area contributed by atoms with Crippen LogP contribution in [0.1, 0.15) is 88.2 Å². The fourth-order valence-corrected chi connectivity index (χ4v) is 12.4. The van der Waals surface area contributed by atoms with Gasteiger partial charge in [-0.1, -0.05) is 36.4 Å². The molecule has 2 aromatic rings. The minimum Gasteiger partial charge on any atom is -0.390 e. The molecule has 0 aromatic heterocycles. The third kappa shape index (κ3) is 5.51. The molecule has 2 aliphatic heterocycles. The van der Waals surface area contributed by atoms with Crippen molar-refractivity contribution >= 4 is 23.4 Å². The quantitative estimate of drug-likeness (QED) is 0.311. The molecule has 10 aliphatic rings. The van der Waals surface area contributed by atoms with Crippen LogP contribution >= 0.6 is 0 Å². The van der Waals surface area contributed by atoms with Crippen molar-refractivity contribution in [1.29, 1.82) is 0 Å². The van der Waals surface area contributed by atoms with Crippen LogP contribution in [0, 0.1) is 35.5 Å². The lowest BCUT2D eigenvalue weighted by atomic mass is 9.52. The van der Waals surface area contributed by atoms with Crippen LogP contribution in [0.5, 0.6) is 0 Å². The van der Waals surface area contributed by atoms with Crippen LogP contribution in [0.15, 0.2) is 48.5 Å². The number of fused-ring (bicyclic) bond motifs is 2. The highest BCUT2D eigenvalue weighted by Gasteiger charge is 2.56. The standard InChI is InChI=1S/2C20H26N2O2/c2*23-19(22-7-3-5-14-4-1-2-6-17(14)22)21-18-15-8-13-9-16(18)12-20(24,10-13)11-15/h2*1-2,4,6,13,15-16,18,24H,3,5,7-12H2,(H,21,23)/t2*13?,15-,16+,18?,20?. The SMILES string of the molecule is O=C(NC1[C@@H]2CC3C[C@H]1CC(O)(C3)C2)N1CCCc2ccccc21.O=C(NC1[C@@H]2CC3C[C@H]1CC(O)(C3)C2)N1CCCc2ccccc21. The highest BCUT2D eigenvalue weighted by atomic mass is 16.3.